The molecule has 92 valence electrons. The minimum atomic E-state index is 0.482. The van der Waals surface area contributed by atoms with Gasteiger partial charge in [0.1, 0.15) is 0 Å². The highest BCUT2D eigenvalue weighted by Crippen LogP contribution is 2.27. The van der Waals surface area contributed by atoms with Crippen molar-refractivity contribution in [2.24, 2.45) is 0 Å². The van der Waals surface area contributed by atoms with Crippen molar-refractivity contribution in [2.75, 3.05) is 0 Å². The summed E-state index contributed by atoms with van der Waals surface area (Å²) in [6.07, 6.45) is 0. The summed E-state index contributed by atoms with van der Waals surface area (Å²) in [6, 6.07) is 6.77. The van der Waals surface area contributed by atoms with E-state index in [-0.39, 0.29) is 0 Å². The molecule has 0 atom stereocenters. The Morgan fingerprint density at radius 1 is 1.12 bits per heavy atom. The molecule has 2 rings (SSSR count). The summed E-state index contributed by atoms with van der Waals surface area (Å²) in [5.41, 5.74) is 3.89. The summed E-state index contributed by atoms with van der Waals surface area (Å²) >= 11 is 0. The molecule has 0 amide bonds. The lowest BCUT2D eigenvalue weighted by Gasteiger charge is -2.06. The van der Waals surface area contributed by atoms with Crippen molar-refractivity contribution in [1.82, 2.24) is 9.78 Å². The molecule has 1 heterocycles. The standard InChI is InChI=1S/C15H22N2/c1-6-17-14-9-12(10(2)3)7-8-13(14)15(16-17)11(4)5/h7-11H,6H2,1-5H3. The van der Waals surface area contributed by atoms with Crippen molar-refractivity contribution in [3.63, 3.8) is 0 Å². The van der Waals surface area contributed by atoms with Crippen LogP contribution in [0.2, 0.25) is 0 Å². The Morgan fingerprint density at radius 3 is 2.35 bits per heavy atom. The summed E-state index contributed by atoms with van der Waals surface area (Å²) in [7, 11) is 0. The number of aryl methyl sites for hydroxylation is 1. The highest BCUT2D eigenvalue weighted by Gasteiger charge is 2.13. The second-order valence-corrected chi connectivity index (χ2v) is 5.29. The van der Waals surface area contributed by atoms with Crippen LogP contribution in [0.4, 0.5) is 0 Å². The largest absolute Gasteiger partial charge is 0.265 e. The smallest absolute Gasteiger partial charge is 0.0728 e. The maximum Gasteiger partial charge on any atom is 0.0728 e. The molecule has 0 aliphatic rings. The lowest BCUT2D eigenvalue weighted by Crippen LogP contribution is -1.98. The van der Waals surface area contributed by atoms with Crippen molar-refractivity contribution >= 4 is 10.9 Å². The summed E-state index contributed by atoms with van der Waals surface area (Å²) in [6.45, 7) is 12.0. The fraction of sp³-hybridized carbons (Fsp3) is 0.533. The van der Waals surface area contributed by atoms with Crippen molar-refractivity contribution in [3.05, 3.63) is 29.5 Å². The summed E-state index contributed by atoms with van der Waals surface area (Å²) in [5, 5.41) is 6.04. The molecule has 2 heteroatoms. The highest BCUT2D eigenvalue weighted by atomic mass is 15.3. The second-order valence-electron chi connectivity index (χ2n) is 5.29. The molecule has 2 aromatic rings. The predicted octanol–water partition coefficient (Wildman–Crippen LogP) is 4.30. The Morgan fingerprint density at radius 2 is 1.82 bits per heavy atom. The van der Waals surface area contributed by atoms with Gasteiger partial charge in [-0.3, -0.25) is 4.68 Å². The predicted molar refractivity (Wildman–Crippen MR) is 73.6 cm³/mol. The molecule has 17 heavy (non-hydrogen) atoms. The molecule has 0 fully saturated rings. The van der Waals surface area contributed by atoms with Gasteiger partial charge >= 0.3 is 0 Å². The van der Waals surface area contributed by atoms with Gasteiger partial charge in [0.05, 0.1) is 11.2 Å². The monoisotopic (exact) mass is 230 g/mol. The van der Waals surface area contributed by atoms with E-state index < -0.39 is 0 Å². The lowest BCUT2D eigenvalue weighted by atomic mass is 9.99. The molecule has 0 aliphatic carbocycles. The number of nitrogens with zero attached hydrogens (tertiary/aromatic N) is 2. The zero-order valence-electron chi connectivity index (χ0n) is 11.5. The maximum atomic E-state index is 4.72. The van der Waals surface area contributed by atoms with E-state index >= 15 is 0 Å². The Hall–Kier alpha value is -1.31. The molecule has 0 saturated carbocycles. The van der Waals surface area contributed by atoms with E-state index in [2.05, 4.69) is 57.5 Å². The zero-order chi connectivity index (χ0) is 12.6. The third-order valence-corrected chi connectivity index (χ3v) is 3.32. The second kappa shape index (κ2) is 4.52. The van der Waals surface area contributed by atoms with Gasteiger partial charge in [-0.05, 0) is 30.4 Å². The first-order valence-electron chi connectivity index (χ1n) is 6.55. The molecule has 0 unspecified atom stereocenters. The number of benzene rings is 1. The highest BCUT2D eigenvalue weighted by molar-refractivity contribution is 5.83. The van der Waals surface area contributed by atoms with Gasteiger partial charge in [0.2, 0.25) is 0 Å². The van der Waals surface area contributed by atoms with Gasteiger partial charge in [-0.1, -0.05) is 39.8 Å². The molecule has 0 N–H and O–H groups in total. The fourth-order valence-corrected chi connectivity index (χ4v) is 2.24. The summed E-state index contributed by atoms with van der Waals surface area (Å²) < 4.78 is 2.12. The van der Waals surface area contributed by atoms with Crippen LogP contribution in [0.5, 0.6) is 0 Å². The Labute approximate surface area is 104 Å². The number of hydrogen-bond acceptors (Lipinski definition) is 1. The Kier molecular flexibility index (Phi) is 3.23. The van der Waals surface area contributed by atoms with Gasteiger partial charge in [0.15, 0.2) is 0 Å². The van der Waals surface area contributed by atoms with E-state index in [9.17, 15) is 0 Å². The first-order valence-corrected chi connectivity index (χ1v) is 6.55. The van der Waals surface area contributed by atoms with Gasteiger partial charge in [0.25, 0.3) is 0 Å². The molecule has 0 spiro atoms. The third-order valence-electron chi connectivity index (χ3n) is 3.32. The van der Waals surface area contributed by atoms with Crippen LogP contribution in [-0.2, 0) is 6.54 Å². The molecular formula is C15H22N2. The minimum Gasteiger partial charge on any atom is -0.265 e. The molecular weight excluding hydrogens is 208 g/mol. The van der Waals surface area contributed by atoms with Gasteiger partial charge in [-0.25, -0.2) is 0 Å². The Balaban J connectivity index is 2.68. The van der Waals surface area contributed by atoms with Gasteiger partial charge in [-0.2, -0.15) is 5.10 Å². The van der Waals surface area contributed by atoms with Crippen LogP contribution in [0.3, 0.4) is 0 Å². The molecule has 1 aromatic heterocycles. The van der Waals surface area contributed by atoms with Gasteiger partial charge in [0, 0.05) is 11.9 Å². The number of hydrogen-bond donors (Lipinski definition) is 0. The van der Waals surface area contributed by atoms with Crippen molar-refractivity contribution < 1.29 is 0 Å². The Bertz CT molecular complexity index is 521. The molecule has 0 radical (unpaired) electrons. The van der Waals surface area contributed by atoms with Crippen LogP contribution in [-0.4, -0.2) is 9.78 Å². The van der Waals surface area contributed by atoms with Gasteiger partial charge < -0.3 is 0 Å². The molecule has 0 bridgehead atoms. The van der Waals surface area contributed by atoms with Gasteiger partial charge in [-0.15, -0.1) is 0 Å². The van der Waals surface area contributed by atoms with E-state index in [0.29, 0.717) is 11.8 Å². The SMILES string of the molecule is CCn1nc(C(C)C)c2ccc(C(C)C)cc21. The number of rotatable bonds is 3. The van der Waals surface area contributed by atoms with Crippen LogP contribution < -0.4 is 0 Å². The van der Waals surface area contributed by atoms with Crippen molar-refractivity contribution in [2.45, 2.75) is 53.0 Å². The lowest BCUT2D eigenvalue weighted by molar-refractivity contribution is 0.653. The van der Waals surface area contributed by atoms with E-state index in [1.54, 1.807) is 0 Å². The first-order chi connectivity index (χ1) is 8.04. The first kappa shape index (κ1) is 12.2. The number of aromatic nitrogens is 2. The van der Waals surface area contributed by atoms with E-state index in [4.69, 9.17) is 5.10 Å². The quantitative estimate of drug-likeness (QED) is 0.768. The molecule has 1 aromatic carbocycles. The van der Waals surface area contributed by atoms with Crippen molar-refractivity contribution in [1.29, 1.82) is 0 Å². The minimum absolute atomic E-state index is 0.482. The normalized spacial score (nSPS) is 11.9. The zero-order valence-corrected chi connectivity index (χ0v) is 11.5. The van der Waals surface area contributed by atoms with E-state index in [1.165, 1.54) is 22.2 Å². The maximum absolute atomic E-state index is 4.72. The topological polar surface area (TPSA) is 17.8 Å². The third kappa shape index (κ3) is 2.08. The molecule has 0 aliphatic heterocycles. The van der Waals surface area contributed by atoms with Crippen LogP contribution in [0.1, 0.15) is 57.7 Å². The molecule has 0 saturated heterocycles. The van der Waals surface area contributed by atoms with E-state index in [1.807, 2.05) is 0 Å². The summed E-state index contributed by atoms with van der Waals surface area (Å²) in [4.78, 5) is 0. The number of fused-ring (bicyclic) bond motifs is 1. The van der Waals surface area contributed by atoms with Crippen LogP contribution >= 0.6 is 0 Å². The van der Waals surface area contributed by atoms with Crippen LogP contribution in [0.15, 0.2) is 18.2 Å². The van der Waals surface area contributed by atoms with Crippen LogP contribution in [0, 0.1) is 0 Å². The van der Waals surface area contributed by atoms with Crippen LogP contribution in [0.25, 0.3) is 10.9 Å². The fourth-order valence-electron chi connectivity index (χ4n) is 2.24. The summed E-state index contributed by atoms with van der Waals surface area (Å²) in [5.74, 6) is 1.05. The van der Waals surface area contributed by atoms with E-state index in [0.717, 1.165) is 6.54 Å². The van der Waals surface area contributed by atoms with Crippen molar-refractivity contribution in [3.8, 4) is 0 Å². The average molecular weight is 230 g/mol. The average Bonchev–Trinajstić information content (AvgIpc) is 2.66. The molecule has 2 nitrogen and oxygen atoms in total.